The van der Waals surface area contributed by atoms with Crippen LogP contribution in [-0.4, -0.2) is 32.6 Å². The van der Waals surface area contributed by atoms with Gasteiger partial charge in [-0.1, -0.05) is 5.21 Å². The molecular formula is C14H16N4O2. The second-order valence-electron chi connectivity index (χ2n) is 4.87. The molecule has 20 heavy (non-hydrogen) atoms. The van der Waals surface area contributed by atoms with Crippen LogP contribution in [0.1, 0.15) is 30.3 Å². The van der Waals surface area contributed by atoms with E-state index < -0.39 is 5.97 Å². The van der Waals surface area contributed by atoms with Crippen LogP contribution in [0.2, 0.25) is 0 Å². The van der Waals surface area contributed by atoms with Crippen LogP contribution in [0.4, 0.5) is 0 Å². The first-order valence-corrected chi connectivity index (χ1v) is 6.80. The zero-order valence-electron chi connectivity index (χ0n) is 11.3. The van der Waals surface area contributed by atoms with Gasteiger partial charge in [0.25, 0.3) is 0 Å². The van der Waals surface area contributed by atoms with Crippen molar-refractivity contribution in [1.82, 2.24) is 20.0 Å². The number of aromatic nitrogens is 4. The highest BCUT2D eigenvalue weighted by molar-refractivity contribution is 5.93. The van der Waals surface area contributed by atoms with Crippen molar-refractivity contribution in [3.05, 3.63) is 30.2 Å². The highest BCUT2D eigenvalue weighted by Crippen LogP contribution is 2.32. The van der Waals surface area contributed by atoms with Gasteiger partial charge in [-0.25, -0.2) is 9.48 Å². The van der Waals surface area contributed by atoms with Crippen molar-refractivity contribution in [2.24, 2.45) is 5.92 Å². The third-order valence-electron chi connectivity index (χ3n) is 3.27. The molecule has 0 atom stereocenters. The number of nitrogens with zero attached hydrogens (tertiary/aromatic N) is 4. The van der Waals surface area contributed by atoms with Crippen LogP contribution in [0.5, 0.6) is 0 Å². The Morgan fingerprint density at radius 1 is 1.50 bits per heavy atom. The Bertz CT molecular complexity index is 605. The van der Waals surface area contributed by atoms with Crippen LogP contribution in [-0.2, 0) is 11.3 Å². The van der Waals surface area contributed by atoms with Crippen LogP contribution in [0, 0.1) is 5.92 Å². The fourth-order valence-corrected chi connectivity index (χ4v) is 2.11. The number of carbonyl (C=O) groups is 1. The molecule has 1 aliphatic carbocycles. The van der Waals surface area contributed by atoms with Crippen molar-refractivity contribution in [3.8, 4) is 11.3 Å². The SMILES string of the molecule is CCOC(=O)c1nnn(CC2CC2)c1-c1cccnc1. The van der Waals surface area contributed by atoms with Crippen LogP contribution < -0.4 is 0 Å². The van der Waals surface area contributed by atoms with Gasteiger partial charge in [0.1, 0.15) is 5.69 Å². The molecule has 2 aromatic rings. The molecule has 104 valence electrons. The Kier molecular flexibility index (Phi) is 3.45. The Hall–Kier alpha value is -2.24. The van der Waals surface area contributed by atoms with E-state index in [0.29, 0.717) is 18.2 Å². The van der Waals surface area contributed by atoms with E-state index in [9.17, 15) is 4.79 Å². The van der Waals surface area contributed by atoms with Crippen LogP contribution in [0.25, 0.3) is 11.3 Å². The monoisotopic (exact) mass is 272 g/mol. The molecule has 0 bridgehead atoms. The van der Waals surface area contributed by atoms with Gasteiger partial charge in [0, 0.05) is 24.5 Å². The summed E-state index contributed by atoms with van der Waals surface area (Å²) in [7, 11) is 0. The highest BCUT2D eigenvalue weighted by atomic mass is 16.5. The number of hydrogen-bond acceptors (Lipinski definition) is 5. The Morgan fingerprint density at radius 3 is 3.00 bits per heavy atom. The summed E-state index contributed by atoms with van der Waals surface area (Å²) in [4.78, 5) is 16.1. The van der Waals surface area contributed by atoms with E-state index in [1.807, 2.05) is 12.1 Å². The normalized spacial score (nSPS) is 14.2. The molecule has 1 fully saturated rings. The number of hydrogen-bond donors (Lipinski definition) is 0. The molecule has 1 saturated carbocycles. The number of esters is 1. The molecule has 2 aromatic heterocycles. The van der Waals surface area contributed by atoms with Crippen LogP contribution in [0.3, 0.4) is 0 Å². The first-order valence-electron chi connectivity index (χ1n) is 6.80. The van der Waals surface area contributed by atoms with Crippen molar-refractivity contribution in [1.29, 1.82) is 0 Å². The lowest BCUT2D eigenvalue weighted by Gasteiger charge is -2.07. The summed E-state index contributed by atoms with van der Waals surface area (Å²) in [6.07, 6.45) is 5.83. The third kappa shape index (κ3) is 2.54. The summed E-state index contributed by atoms with van der Waals surface area (Å²) in [6, 6.07) is 3.73. The van der Waals surface area contributed by atoms with E-state index in [-0.39, 0.29) is 5.69 Å². The van der Waals surface area contributed by atoms with E-state index in [1.54, 1.807) is 24.0 Å². The molecule has 6 nitrogen and oxygen atoms in total. The average molecular weight is 272 g/mol. The van der Waals surface area contributed by atoms with Crippen molar-refractivity contribution >= 4 is 5.97 Å². The lowest BCUT2D eigenvalue weighted by molar-refractivity contribution is 0.0520. The molecular weight excluding hydrogens is 256 g/mol. The molecule has 0 unspecified atom stereocenters. The molecule has 1 aliphatic rings. The zero-order chi connectivity index (χ0) is 13.9. The van der Waals surface area contributed by atoms with Gasteiger partial charge < -0.3 is 4.74 Å². The number of rotatable bonds is 5. The van der Waals surface area contributed by atoms with E-state index in [2.05, 4.69) is 15.3 Å². The fraction of sp³-hybridized carbons (Fsp3) is 0.429. The van der Waals surface area contributed by atoms with E-state index in [0.717, 1.165) is 12.1 Å². The molecule has 0 N–H and O–H groups in total. The lowest BCUT2D eigenvalue weighted by atomic mass is 10.1. The summed E-state index contributed by atoms with van der Waals surface area (Å²) in [5.41, 5.74) is 1.80. The summed E-state index contributed by atoms with van der Waals surface area (Å²) in [6.45, 7) is 2.88. The second kappa shape index (κ2) is 5.40. The Labute approximate surface area is 116 Å². The number of carbonyl (C=O) groups excluding carboxylic acids is 1. The molecule has 0 spiro atoms. The standard InChI is InChI=1S/C14H16N4O2/c1-2-20-14(19)12-13(11-4-3-7-15-8-11)18(17-16-12)9-10-5-6-10/h3-4,7-8,10H,2,5-6,9H2,1H3. The van der Waals surface area contributed by atoms with E-state index >= 15 is 0 Å². The average Bonchev–Trinajstić information content (AvgIpc) is 3.17. The summed E-state index contributed by atoms with van der Waals surface area (Å²) in [5.74, 6) is 0.204. The van der Waals surface area contributed by atoms with Gasteiger partial charge in [0.05, 0.1) is 6.61 Å². The maximum absolute atomic E-state index is 12.0. The van der Waals surface area contributed by atoms with Gasteiger partial charge in [0.15, 0.2) is 5.69 Å². The van der Waals surface area contributed by atoms with Gasteiger partial charge in [-0.05, 0) is 37.8 Å². The fourth-order valence-electron chi connectivity index (χ4n) is 2.11. The van der Waals surface area contributed by atoms with Crippen molar-refractivity contribution in [2.75, 3.05) is 6.61 Å². The van der Waals surface area contributed by atoms with E-state index in [1.165, 1.54) is 12.8 Å². The molecule has 6 heteroatoms. The first-order chi connectivity index (χ1) is 9.79. The molecule has 3 rings (SSSR count). The lowest BCUT2D eigenvalue weighted by Crippen LogP contribution is -2.09. The van der Waals surface area contributed by atoms with Gasteiger partial charge in [-0.15, -0.1) is 5.10 Å². The maximum Gasteiger partial charge on any atom is 0.361 e. The first kappa shape index (κ1) is 12.8. The van der Waals surface area contributed by atoms with Gasteiger partial charge in [-0.3, -0.25) is 4.98 Å². The maximum atomic E-state index is 12.0. The summed E-state index contributed by atoms with van der Waals surface area (Å²) >= 11 is 0. The molecule has 0 aromatic carbocycles. The molecule has 0 amide bonds. The largest absolute Gasteiger partial charge is 0.461 e. The zero-order valence-corrected chi connectivity index (χ0v) is 11.3. The summed E-state index contributed by atoms with van der Waals surface area (Å²) < 4.78 is 6.84. The van der Waals surface area contributed by atoms with Gasteiger partial charge in [0.2, 0.25) is 0 Å². The molecule has 2 heterocycles. The predicted octanol–water partition coefficient (Wildman–Crippen LogP) is 1.93. The van der Waals surface area contributed by atoms with Crippen molar-refractivity contribution < 1.29 is 9.53 Å². The van der Waals surface area contributed by atoms with Crippen molar-refractivity contribution in [3.63, 3.8) is 0 Å². The van der Waals surface area contributed by atoms with Crippen molar-refractivity contribution in [2.45, 2.75) is 26.3 Å². The minimum absolute atomic E-state index is 0.264. The van der Waals surface area contributed by atoms with Crippen LogP contribution >= 0.6 is 0 Å². The molecule has 0 aliphatic heterocycles. The second-order valence-corrected chi connectivity index (χ2v) is 4.87. The topological polar surface area (TPSA) is 69.9 Å². The quantitative estimate of drug-likeness (QED) is 0.778. The predicted molar refractivity (Wildman–Crippen MR) is 71.9 cm³/mol. The van der Waals surface area contributed by atoms with Gasteiger partial charge >= 0.3 is 5.97 Å². The minimum atomic E-state index is -0.437. The number of pyridine rings is 1. The highest BCUT2D eigenvalue weighted by Gasteiger charge is 2.27. The van der Waals surface area contributed by atoms with E-state index in [4.69, 9.17) is 4.74 Å². The van der Waals surface area contributed by atoms with Crippen LogP contribution in [0.15, 0.2) is 24.5 Å². The number of ether oxygens (including phenoxy) is 1. The third-order valence-corrected chi connectivity index (χ3v) is 3.27. The van der Waals surface area contributed by atoms with Gasteiger partial charge in [-0.2, -0.15) is 0 Å². The Balaban J connectivity index is 2.01. The molecule has 0 radical (unpaired) electrons. The minimum Gasteiger partial charge on any atom is -0.461 e. The smallest absolute Gasteiger partial charge is 0.361 e. The summed E-state index contributed by atoms with van der Waals surface area (Å²) in [5, 5.41) is 8.12. The Morgan fingerprint density at radius 2 is 2.35 bits per heavy atom. The molecule has 0 saturated heterocycles.